The van der Waals surface area contributed by atoms with E-state index in [0.29, 0.717) is 6.10 Å². The fraction of sp³-hybridized carbons (Fsp3) is 1.00. The van der Waals surface area contributed by atoms with Crippen LogP contribution in [0.3, 0.4) is 0 Å². The van der Waals surface area contributed by atoms with Crippen LogP contribution in [0, 0.1) is 5.92 Å². The third-order valence-corrected chi connectivity index (χ3v) is 2.61. The van der Waals surface area contributed by atoms with E-state index in [1.165, 1.54) is 19.5 Å². The molecule has 52 valence electrons. The molecule has 2 heterocycles. The van der Waals surface area contributed by atoms with Crippen LogP contribution in [0.25, 0.3) is 0 Å². The molecule has 0 saturated carbocycles. The molecule has 2 nitrogen and oxygen atoms in total. The Bertz CT molecular complexity index is 116. The minimum absolute atomic E-state index is 0.621. The van der Waals surface area contributed by atoms with Gasteiger partial charge in [-0.05, 0) is 6.42 Å². The molecular formula is C6H12NOP. The predicted octanol–water partition coefficient (Wildman–Crippen LogP) is 0.497. The largest absolute Gasteiger partial charge is 0.373 e. The van der Waals surface area contributed by atoms with Gasteiger partial charge >= 0.3 is 0 Å². The Morgan fingerprint density at radius 2 is 2.33 bits per heavy atom. The van der Waals surface area contributed by atoms with Crippen LogP contribution in [0.2, 0.25) is 0 Å². The van der Waals surface area contributed by atoms with Crippen LogP contribution >= 0.6 is 9.39 Å². The molecule has 0 aromatic carbocycles. The van der Waals surface area contributed by atoms with Gasteiger partial charge in [-0.25, -0.2) is 0 Å². The fourth-order valence-corrected chi connectivity index (χ4v) is 1.87. The summed E-state index contributed by atoms with van der Waals surface area (Å²) < 4.78 is 7.50. The second kappa shape index (κ2) is 2.19. The number of nitrogens with zero attached hydrogens (tertiary/aromatic N) is 1. The van der Waals surface area contributed by atoms with Crippen LogP contribution in [-0.4, -0.2) is 30.5 Å². The summed E-state index contributed by atoms with van der Waals surface area (Å²) in [6.07, 6.45) is 1.95. The molecule has 2 rings (SSSR count). The number of epoxide rings is 1. The summed E-state index contributed by atoms with van der Waals surface area (Å²) in [6.45, 7) is 3.47. The lowest BCUT2D eigenvalue weighted by Gasteiger charge is -2.05. The first kappa shape index (κ1) is 6.09. The van der Waals surface area contributed by atoms with E-state index in [-0.39, 0.29) is 0 Å². The van der Waals surface area contributed by atoms with E-state index in [2.05, 4.69) is 14.1 Å². The molecule has 3 atom stereocenters. The normalized spacial score (nSPS) is 43.7. The van der Waals surface area contributed by atoms with Crippen LogP contribution in [0.4, 0.5) is 0 Å². The molecule has 2 aliphatic rings. The van der Waals surface area contributed by atoms with E-state index in [4.69, 9.17) is 4.74 Å². The fourth-order valence-electron chi connectivity index (χ4n) is 1.45. The van der Waals surface area contributed by atoms with E-state index in [0.717, 1.165) is 12.5 Å². The van der Waals surface area contributed by atoms with Crippen molar-refractivity contribution in [3.8, 4) is 0 Å². The number of ether oxygens (including phenoxy) is 1. The molecule has 1 unspecified atom stereocenters. The molecule has 0 amide bonds. The average molecular weight is 145 g/mol. The molecule has 0 spiro atoms. The molecule has 0 aromatic rings. The number of rotatable bonds is 1. The third-order valence-electron chi connectivity index (χ3n) is 2.14. The van der Waals surface area contributed by atoms with Gasteiger partial charge in [0.25, 0.3) is 0 Å². The highest BCUT2D eigenvalue weighted by Crippen LogP contribution is 2.29. The highest BCUT2D eigenvalue weighted by molar-refractivity contribution is 7.13. The van der Waals surface area contributed by atoms with E-state index in [9.17, 15) is 0 Å². The molecule has 3 heteroatoms. The molecule has 0 N–H and O–H groups in total. The molecule has 2 saturated heterocycles. The van der Waals surface area contributed by atoms with Crippen molar-refractivity contribution in [1.29, 1.82) is 0 Å². The SMILES string of the molecule is PN1CC[C@H]([C@H]2CO2)C1. The predicted molar refractivity (Wildman–Crippen MR) is 39.1 cm³/mol. The lowest BCUT2D eigenvalue weighted by atomic mass is 10.1. The Hall–Kier alpha value is 0.350. The smallest absolute Gasteiger partial charge is 0.0850 e. The van der Waals surface area contributed by atoms with Crippen molar-refractivity contribution in [2.24, 2.45) is 5.92 Å². The highest BCUT2D eigenvalue weighted by atomic mass is 31.0. The second-order valence-corrected chi connectivity index (χ2v) is 3.65. The van der Waals surface area contributed by atoms with Crippen molar-refractivity contribution in [2.45, 2.75) is 12.5 Å². The van der Waals surface area contributed by atoms with Crippen molar-refractivity contribution < 1.29 is 4.74 Å². The summed E-state index contributed by atoms with van der Waals surface area (Å²) in [5.41, 5.74) is 0. The van der Waals surface area contributed by atoms with Gasteiger partial charge < -0.3 is 4.74 Å². The molecule has 0 aliphatic carbocycles. The maximum Gasteiger partial charge on any atom is 0.0850 e. The van der Waals surface area contributed by atoms with Gasteiger partial charge in [0.1, 0.15) is 0 Å². The van der Waals surface area contributed by atoms with Crippen molar-refractivity contribution in [3.05, 3.63) is 0 Å². The quantitative estimate of drug-likeness (QED) is 0.394. The average Bonchev–Trinajstić information content (AvgIpc) is 2.58. The van der Waals surface area contributed by atoms with E-state index in [1.807, 2.05) is 0 Å². The number of hydrogen-bond acceptors (Lipinski definition) is 2. The Labute approximate surface area is 57.8 Å². The van der Waals surface area contributed by atoms with Gasteiger partial charge in [-0.1, -0.05) is 9.39 Å². The standard InChI is InChI=1S/C6H12NOP/c9-7-2-1-5(3-7)6-4-8-6/h5-6H,1-4,9H2/t5-,6+/m0/s1. The maximum absolute atomic E-state index is 5.20. The zero-order chi connectivity index (χ0) is 6.27. The monoisotopic (exact) mass is 145 g/mol. The zero-order valence-electron chi connectivity index (χ0n) is 5.42. The van der Waals surface area contributed by atoms with Crippen molar-refractivity contribution in [2.75, 3.05) is 19.7 Å². The van der Waals surface area contributed by atoms with Gasteiger partial charge in [-0.15, -0.1) is 0 Å². The summed E-state index contributed by atoms with van der Waals surface area (Å²) in [4.78, 5) is 0. The second-order valence-electron chi connectivity index (χ2n) is 2.92. The summed E-state index contributed by atoms with van der Waals surface area (Å²) in [7, 11) is 2.75. The summed E-state index contributed by atoms with van der Waals surface area (Å²) >= 11 is 0. The van der Waals surface area contributed by atoms with E-state index < -0.39 is 0 Å². The Morgan fingerprint density at radius 3 is 2.78 bits per heavy atom. The first-order valence-electron chi connectivity index (χ1n) is 3.47. The topological polar surface area (TPSA) is 15.8 Å². The third kappa shape index (κ3) is 1.26. The first-order valence-corrected chi connectivity index (χ1v) is 3.99. The molecule has 2 fully saturated rings. The van der Waals surface area contributed by atoms with Gasteiger partial charge in [-0.3, -0.25) is 4.67 Å². The van der Waals surface area contributed by atoms with Crippen LogP contribution in [-0.2, 0) is 4.74 Å². The lowest BCUT2D eigenvalue weighted by Crippen LogP contribution is -2.11. The summed E-state index contributed by atoms with van der Waals surface area (Å²) in [5, 5.41) is 0. The Balaban J connectivity index is 1.86. The molecular weight excluding hydrogens is 133 g/mol. The minimum atomic E-state index is 0.621. The van der Waals surface area contributed by atoms with Crippen molar-refractivity contribution in [1.82, 2.24) is 4.67 Å². The van der Waals surface area contributed by atoms with Gasteiger partial charge in [0.15, 0.2) is 0 Å². The maximum atomic E-state index is 5.20. The molecule has 0 radical (unpaired) electrons. The minimum Gasteiger partial charge on any atom is -0.373 e. The van der Waals surface area contributed by atoms with E-state index in [1.54, 1.807) is 0 Å². The molecule has 9 heavy (non-hydrogen) atoms. The summed E-state index contributed by atoms with van der Waals surface area (Å²) in [6, 6.07) is 0. The lowest BCUT2D eigenvalue weighted by molar-refractivity contribution is 0.335. The van der Waals surface area contributed by atoms with Gasteiger partial charge in [-0.2, -0.15) is 0 Å². The van der Waals surface area contributed by atoms with E-state index >= 15 is 0 Å². The Morgan fingerprint density at radius 1 is 1.56 bits per heavy atom. The van der Waals surface area contributed by atoms with Crippen LogP contribution in [0.1, 0.15) is 6.42 Å². The number of hydrogen-bond donors (Lipinski definition) is 0. The Kier molecular flexibility index (Phi) is 1.48. The van der Waals surface area contributed by atoms with Crippen LogP contribution in [0.5, 0.6) is 0 Å². The first-order chi connectivity index (χ1) is 4.36. The van der Waals surface area contributed by atoms with Crippen molar-refractivity contribution >= 4 is 9.39 Å². The van der Waals surface area contributed by atoms with Crippen LogP contribution < -0.4 is 0 Å². The van der Waals surface area contributed by atoms with Crippen molar-refractivity contribution in [3.63, 3.8) is 0 Å². The van der Waals surface area contributed by atoms with Gasteiger partial charge in [0, 0.05) is 19.0 Å². The van der Waals surface area contributed by atoms with Gasteiger partial charge in [0.2, 0.25) is 0 Å². The molecule has 2 aliphatic heterocycles. The zero-order valence-corrected chi connectivity index (χ0v) is 6.57. The summed E-state index contributed by atoms with van der Waals surface area (Å²) in [5.74, 6) is 0.836. The molecule has 0 bridgehead atoms. The van der Waals surface area contributed by atoms with Crippen LogP contribution in [0.15, 0.2) is 0 Å². The van der Waals surface area contributed by atoms with Gasteiger partial charge in [0.05, 0.1) is 12.7 Å². The highest BCUT2D eigenvalue weighted by Gasteiger charge is 2.36. The molecule has 0 aromatic heterocycles.